The number of alkyl halides is 1. The molecule has 0 heterocycles. The summed E-state index contributed by atoms with van der Waals surface area (Å²) in [6, 6.07) is 0. The first-order valence-electron chi connectivity index (χ1n) is 4.79. The van der Waals surface area contributed by atoms with Crippen molar-refractivity contribution >= 4 is 11.6 Å². The molecular formula is C10H21Cl. The van der Waals surface area contributed by atoms with Crippen LogP contribution in [0.1, 0.15) is 53.4 Å². The minimum Gasteiger partial charge on any atom is -0.119 e. The molecule has 0 nitrogen and oxygen atoms in total. The standard InChI is InChI=1S/C10H21Cl/c1-5-8-10(11,7-3)9(4)6-2/h9H,5-8H2,1-4H3. The van der Waals surface area contributed by atoms with Crippen molar-refractivity contribution < 1.29 is 0 Å². The molecule has 0 aromatic heterocycles. The third kappa shape index (κ3) is 3.02. The lowest BCUT2D eigenvalue weighted by molar-refractivity contribution is 0.349. The van der Waals surface area contributed by atoms with E-state index in [2.05, 4.69) is 27.7 Å². The molecule has 0 radical (unpaired) electrons. The molecule has 11 heavy (non-hydrogen) atoms. The van der Waals surface area contributed by atoms with Crippen LogP contribution in [0.5, 0.6) is 0 Å². The van der Waals surface area contributed by atoms with E-state index in [1.165, 1.54) is 12.8 Å². The van der Waals surface area contributed by atoms with Crippen molar-refractivity contribution in [3.05, 3.63) is 0 Å². The Morgan fingerprint density at radius 2 is 1.82 bits per heavy atom. The fraction of sp³-hybridized carbons (Fsp3) is 1.00. The molecular weight excluding hydrogens is 156 g/mol. The van der Waals surface area contributed by atoms with Crippen molar-refractivity contribution in [2.75, 3.05) is 0 Å². The van der Waals surface area contributed by atoms with Crippen LogP contribution < -0.4 is 0 Å². The first-order chi connectivity index (χ1) is 5.10. The van der Waals surface area contributed by atoms with Crippen LogP contribution in [0.15, 0.2) is 0 Å². The van der Waals surface area contributed by atoms with Crippen LogP contribution in [0.3, 0.4) is 0 Å². The second-order valence-corrected chi connectivity index (χ2v) is 4.20. The fourth-order valence-corrected chi connectivity index (χ4v) is 1.90. The second kappa shape index (κ2) is 5.03. The topological polar surface area (TPSA) is 0 Å². The van der Waals surface area contributed by atoms with Crippen LogP contribution in [0.2, 0.25) is 0 Å². The number of rotatable bonds is 5. The highest BCUT2D eigenvalue weighted by Crippen LogP contribution is 2.35. The molecule has 0 fully saturated rings. The lowest BCUT2D eigenvalue weighted by Crippen LogP contribution is -2.28. The van der Waals surface area contributed by atoms with Crippen molar-refractivity contribution in [2.45, 2.75) is 58.3 Å². The van der Waals surface area contributed by atoms with Gasteiger partial charge in [-0.2, -0.15) is 0 Å². The molecule has 0 aliphatic rings. The van der Waals surface area contributed by atoms with E-state index < -0.39 is 0 Å². The van der Waals surface area contributed by atoms with Gasteiger partial charge in [0, 0.05) is 4.87 Å². The summed E-state index contributed by atoms with van der Waals surface area (Å²) in [6.45, 7) is 8.86. The Morgan fingerprint density at radius 1 is 1.27 bits per heavy atom. The minimum atomic E-state index is 0.0729. The molecule has 0 N–H and O–H groups in total. The maximum Gasteiger partial charge on any atom is 0.0469 e. The van der Waals surface area contributed by atoms with Crippen LogP contribution in [0.4, 0.5) is 0 Å². The van der Waals surface area contributed by atoms with Crippen molar-refractivity contribution in [3.8, 4) is 0 Å². The van der Waals surface area contributed by atoms with Gasteiger partial charge in [-0.3, -0.25) is 0 Å². The van der Waals surface area contributed by atoms with Gasteiger partial charge in [0.15, 0.2) is 0 Å². The van der Waals surface area contributed by atoms with Crippen molar-refractivity contribution in [1.82, 2.24) is 0 Å². The molecule has 2 atom stereocenters. The molecule has 0 aliphatic carbocycles. The largest absolute Gasteiger partial charge is 0.119 e. The van der Waals surface area contributed by atoms with Crippen LogP contribution in [0.25, 0.3) is 0 Å². The van der Waals surface area contributed by atoms with Crippen LogP contribution in [0, 0.1) is 5.92 Å². The maximum absolute atomic E-state index is 6.47. The van der Waals surface area contributed by atoms with Gasteiger partial charge >= 0.3 is 0 Å². The van der Waals surface area contributed by atoms with Crippen LogP contribution in [-0.2, 0) is 0 Å². The van der Waals surface area contributed by atoms with E-state index >= 15 is 0 Å². The van der Waals surface area contributed by atoms with E-state index in [1.807, 2.05) is 0 Å². The smallest absolute Gasteiger partial charge is 0.0469 e. The van der Waals surface area contributed by atoms with E-state index in [4.69, 9.17) is 11.6 Å². The molecule has 0 saturated carbocycles. The summed E-state index contributed by atoms with van der Waals surface area (Å²) in [6.07, 6.45) is 4.64. The summed E-state index contributed by atoms with van der Waals surface area (Å²) < 4.78 is 0. The average Bonchev–Trinajstić information content (AvgIpc) is 2.03. The summed E-state index contributed by atoms with van der Waals surface area (Å²) in [7, 11) is 0. The zero-order valence-electron chi connectivity index (χ0n) is 8.28. The average molecular weight is 177 g/mol. The Kier molecular flexibility index (Phi) is 5.16. The van der Waals surface area contributed by atoms with E-state index in [1.54, 1.807) is 0 Å². The normalized spacial score (nSPS) is 19.4. The van der Waals surface area contributed by atoms with Gasteiger partial charge in [-0.1, -0.05) is 40.5 Å². The number of hydrogen-bond acceptors (Lipinski definition) is 0. The molecule has 0 aliphatic heterocycles. The van der Waals surface area contributed by atoms with Crippen molar-refractivity contribution in [1.29, 1.82) is 0 Å². The highest BCUT2D eigenvalue weighted by Gasteiger charge is 2.29. The molecule has 0 bridgehead atoms. The number of hydrogen-bond donors (Lipinski definition) is 0. The predicted molar refractivity (Wildman–Crippen MR) is 53.2 cm³/mol. The maximum atomic E-state index is 6.47. The molecule has 0 aromatic carbocycles. The first-order valence-corrected chi connectivity index (χ1v) is 5.17. The van der Waals surface area contributed by atoms with Crippen LogP contribution in [-0.4, -0.2) is 4.87 Å². The van der Waals surface area contributed by atoms with Crippen molar-refractivity contribution in [3.63, 3.8) is 0 Å². The molecule has 2 unspecified atom stereocenters. The number of halogens is 1. The lowest BCUT2D eigenvalue weighted by Gasteiger charge is -2.31. The van der Waals surface area contributed by atoms with E-state index in [0.29, 0.717) is 5.92 Å². The van der Waals surface area contributed by atoms with Gasteiger partial charge in [0.05, 0.1) is 0 Å². The lowest BCUT2D eigenvalue weighted by atomic mass is 9.85. The Balaban J connectivity index is 4.07. The summed E-state index contributed by atoms with van der Waals surface area (Å²) in [5, 5.41) is 0. The Labute approximate surface area is 76.3 Å². The summed E-state index contributed by atoms with van der Waals surface area (Å²) in [5.41, 5.74) is 0. The first kappa shape index (κ1) is 11.3. The predicted octanol–water partition coefficient (Wildman–Crippen LogP) is 4.22. The van der Waals surface area contributed by atoms with Gasteiger partial charge in [0.25, 0.3) is 0 Å². The zero-order chi connectivity index (χ0) is 8.91. The SMILES string of the molecule is CCCC(Cl)(CC)C(C)CC. The molecule has 0 amide bonds. The Hall–Kier alpha value is 0.290. The van der Waals surface area contributed by atoms with Gasteiger partial charge in [-0.25, -0.2) is 0 Å². The third-order valence-electron chi connectivity index (χ3n) is 2.75. The van der Waals surface area contributed by atoms with E-state index in [-0.39, 0.29) is 4.87 Å². The van der Waals surface area contributed by atoms with Crippen molar-refractivity contribution in [2.24, 2.45) is 5.92 Å². The quantitative estimate of drug-likeness (QED) is 0.551. The molecule has 0 spiro atoms. The molecule has 0 aromatic rings. The zero-order valence-corrected chi connectivity index (χ0v) is 9.04. The Bertz CT molecular complexity index is 101. The fourth-order valence-electron chi connectivity index (χ4n) is 1.55. The highest BCUT2D eigenvalue weighted by atomic mass is 35.5. The van der Waals surface area contributed by atoms with E-state index in [9.17, 15) is 0 Å². The summed E-state index contributed by atoms with van der Waals surface area (Å²) in [4.78, 5) is 0.0729. The third-order valence-corrected chi connectivity index (χ3v) is 3.58. The van der Waals surface area contributed by atoms with Gasteiger partial charge in [-0.05, 0) is 18.8 Å². The van der Waals surface area contributed by atoms with Gasteiger partial charge < -0.3 is 0 Å². The van der Waals surface area contributed by atoms with Gasteiger partial charge in [-0.15, -0.1) is 11.6 Å². The molecule has 0 saturated heterocycles. The monoisotopic (exact) mass is 176 g/mol. The van der Waals surface area contributed by atoms with Gasteiger partial charge in [0.1, 0.15) is 0 Å². The van der Waals surface area contributed by atoms with Gasteiger partial charge in [0.2, 0.25) is 0 Å². The molecule has 68 valence electrons. The molecule has 1 heteroatoms. The highest BCUT2D eigenvalue weighted by molar-refractivity contribution is 6.24. The Morgan fingerprint density at radius 3 is 2.09 bits per heavy atom. The van der Waals surface area contributed by atoms with E-state index in [0.717, 1.165) is 12.8 Å². The van der Waals surface area contributed by atoms with Crippen LogP contribution >= 0.6 is 11.6 Å². The molecule has 0 rings (SSSR count). The second-order valence-electron chi connectivity index (χ2n) is 3.45. The minimum absolute atomic E-state index is 0.0729. The summed E-state index contributed by atoms with van der Waals surface area (Å²) >= 11 is 6.47. The summed E-state index contributed by atoms with van der Waals surface area (Å²) in [5.74, 6) is 0.647.